The lowest BCUT2D eigenvalue weighted by Gasteiger charge is -2.08. The zero-order valence-corrected chi connectivity index (χ0v) is 7.07. The Kier molecular flexibility index (Phi) is 2.68. The summed E-state index contributed by atoms with van der Waals surface area (Å²) in [5.41, 5.74) is 6.73. The molecule has 0 saturated heterocycles. The monoisotopic (exact) mass is 174 g/mol. The molecule has 1 aromatic rings. The molecule has 3 nitrogen and oxygen atoms in total. The van der Waals surface area contributed by atoms with Crippen molar-refractivity contribution in [2.75, 3.05) is 0 Å². The third-order valence-electron chi connectivity index (χ3n) is 1.77. The van der Waals surface area contributed by atoms with Gasteiger partial charge in [-0.2, -0.15) is 5.26 Å². The van der Waals surface area contributed by atoms with Crippen molar-refractivity contribution >= 4 is 0 Å². The van der Waals surface area contributed by atoms with Crippen LogP contribution >= 0.6 is 0 Å². The van der Waals surface area contributed by atoms with Crippen LogP contribution < -0.4 is 5.73 Å². The fraction of sp³-hybridized carbons (Fsp3) is 0.100. The molecule has 3 heteroatoms. The molecule has 66 valence electrons. The van der Waals surface area contributed by atoms with Gasteiger partial charge in [0.1, 0.15) is 5.75 Å². The highest BCUT2D eigenvalue weighted by molar-refractivity contribution is 5.45. The van der Waals surface area contributed by atoms with Crippen LogP contribution in [0.5, 0.6) is 5.75 Å². The Bertz CT molecular complexity index is 366. The molecule has 0 amide bonds. The summed E-state index contributed by atoms with van der Waals surface area (Å²) >= 11 is 0. The van der Waals surface area contributed by atoms with Crippen LogP contribution in [0.25, 0.3) is 0 Å². The number of hydrogen-bond donors (Lipinski definition) is 2. The largest absolute Gasteiger partial charge is 0.508 e. The van der Waals surface area contributed by atoms with Crippen LogP contribution in [0.3, 0.4) is 0 Å². The summed E-state index contributed by atoms with van der Waals surface area (Å²) in [6, 6.07) is 6.11. The molecule has 1 atom stereocenters. The SMILES string of the molecule is C=CC(N)c1ccc(O)cc1C#N. The highest BCUT2D eigenvalue weighted by atomic mass is 16.3. The Labute approximate surface area is 76.7 Å². The van der Waals surface area contributed by atoms with Gasteiger partial charge in [0.2, 0.25) is 0 Å². The van der Waals surface area contributed by atoms with Crippen molar-refractivity contribution in [1.29, 1.82) is 5.26 Å². The molecule has 0 aromatic heterocycles. The van der Waals surface area contributed by atoms with Crippen LogP contribution in [0.15, 0.2) is 30.9 Å². The van der Waals surface area contributed by atoms with Gasteiger partial charge in [0.25, 0.3) is 0 Å². The minimum absolute atomic E-state index is 0.0663. The van der Waals surface area contributed by atoms with Crippen molar-refractivity contribution in [2.24, 2.45) is 5.73 Å². The van der Waals surface area contributed by atoms with E-state index in [9.17, 15) is 0 Å². The van der Waals surface area contributed by atoms with Crippen LogP contribution in [-0.4, -0.2) is 5.11 Å². The van der Waals surface area contributed by atoms with E-state index in [4.69, 9.17) is 16.1 Å². The van der Waals surface area contributed by atoms with E-state index < -0.39 is 0 Å². The number of phenols is 1. The van der Waals surface area contributed by atoms with Crippen molar-refractivity contribution in [2.45, 2.75) is 6.04 Å². The minimum Gasteiger partial charge on any atom is -0.508 e. The fourth-order valence-corrected chi connectivity index (χ4v) is 1.06. The first-order chi connectivity index (χ1) is 6.19. The molecule has 0 aliphatic heterocycles. The van der Waals surface area contributed by atoms with E-state index in [-0.39, 0.29) is 11.8 Å². The molecule has 0 fully saturated rings. The topological polar surface area (TPSA) is 70.0 Å². The number of aromatic hydroxyl groups is 1. The van der Waals surface area contributed by atoms with Crippen molar-refractivity contribution in [3.8, 4) is 11.8 Å². The van der Waals surface area contributed by atoms with E-state index in [1.807, 2.05) is 6.07 Å². The van der Waals surface area contributed by atoms with E-state index in [1.54, 1.807) is 12.1 Å². The van der Waals surface area contributed by atoms with E-state index in [1.165, 1.54) is 12.1 Å². The number of phenolic OH excluding ortho intramolecular Hbond substituents is 1. The number of benzene rings is 1. The Morgan fingerprint density at radius 1 is 1.62 bits per heavy atom. The average Bonchev–Trinajstić information content (AvgIpc) is 2.16. The first-order valence-corrected chi connectivity index (χ1v) is 3.80. The fourth-order valence-electron chi connectivity index (χ4n) is 1.06. The van der Waals surface area contributed by atoms with Gasteiger partial charge in [0, 0.05) is 6.04 Å². The molecular weight excluding hydrogens is 164 g/mol. The first kappa shape index (κ1) is 9.30. The smallest absolute Gasteiger partial charge is 0.116 e. The van der Waals surface area contributed by atoms with Crippen molar-refractivity contribution in [3.05, 3.63) is 42.0 Å². The number of rotatable bonds is 2. The third-order valence-corrected chi connectivity index (χ3v) is 1.77. The number of nitrogens with two attached hydrogens (primary N) is 1. The van der Waals surface area contributed by atoms with Gasteiger partial charge in [0.15, 0.2) is 0 Å². The lowest BCUT2D eigenvalue weighted by Crippen LogP contribution is -2.08. The molecule has 1 aromatic carbocycles. The van der Waals surface area contributed by atoms with Gasteiger partial charge in [-0.05, 0) is 17.7 Å². The van der Waals surface area contributed by atoms with Gasteiger partial charge in [-0.1, -0.05) is 12.1 Å². The Morgan fingerprint density at radius 2 is 2.31 bits per heavy atom. The number of nitriles is 1. The Balaban J connectivity index is 3.22. The highest BCUT2D eigenvalue weighted by Crippen LogP contribution is 2.20. The molecule has 0 aliphatic carbocycles. The molecule has 0 radical (unpaired) electrons. The summed E-state index contributed by atoms with van der Waals surface area (Å²) in [7, 11) is 0. The van der Waals surface area contributed by atoms with Gasteiger partial charge in [-0.25, -0.2) is 0 Å². The second-order valence-corrected chi connectivity index (χ2v) is 2.64. The standard InChI is InChI=1S/C10H10N2O/c1-2-10(12)9-4-3-8(13)5-7(9)6-11/h2-5,10,13H,1,12H2. The zero-order valence-electron chi connectivity index (χ0n) is 7.07. The summed E-state index contributed by atoms with van der Waals surface area (Å²) in [5.74, 6) is 0.0663. The van der Waals surface area contributed by atoms with Crippen LogP contribution in [0.4, 0.5) is 0 Å². The molecule has 1 unspecified atom stereocenters. The lowest BCUT2D eigenvalue weighted by molar-refractivity contribution is 0.475. The summed E-state index contributed by atoms with van der Waals surface area (Å²) in [6.07, 6.45) is 1.55. The van der Waals surface area contributed by atoms with Crippen LogP contribution in [-0.2, 0) is 0 Å². The third kappa shape index (κ3) is 1.86. The Morgan fingerprint density at radius 3 is 2.85 bits per heavy atom. The van der Waals surface area contributed by atoms with E-state index in [0.29, 0.717) is 11.1 Å². The molecule has 0 saturated carbocycles. The molecule has 0 bridgehead atoms. The first-order valence-electron chi connectivity index (χ1n) is 3.80. The molecule has 0 spiro atoms. The quantitative estimate of drug-likeness (QED) is 0.666. The van der Waals surface area contributed by atoms with E-state index in [0.717, 1.165) is 0 Å². The lowest BCUT2D eigenvalue weighted by atomic mass is 10.0. The minimum atomic E-state index is -0.366. The van der Waals surface area contributed by atoms with Gasteiger partial charge in [0.05, 0.1) is 11.6 Å². The second-order valence-electron chi connectivity index (χ2n) is 2.64. The summed E-state index contributed by atoms with van der Waals surface area (Å²) in [6.45, 7) is 3.54. The Hall–Kier alpha value is -1.79. The molecule has 3 N–H and O–H groups in total. The van der Waals surface area contributed by atoms with Gasteiger partial charge >= 0.3 is 0 Å². The van der Waals surface area contributed by atoms with E-state index >= 15 is 0 Å². The summed E-state index contributed by atoms with van der Waals surface area (Å²) in [5, 5.41) is 17.8. The second kappa shape index (κ2) is 3.74. The predicted molar refractivity (Wildman–Crippen MR) is 49.9 cm³/mol. The van der Waals surface area contributed by atoms with Crippen LogP contribution in [0.1, 0.15) is 17.2 Å². The summed E-state index contributed by atoms with van der Waals surface area (Å²) < 4.78 is 0. The maximum Gasteiger partial charge on any atom is 0.116 e. The van der Waals surface area contributed by atoms with E-state index in [2.05, 4.69) is 6.58 Å². The van der Waals surface area contributed by atoms with Crippen molar-refractivity contribution in [3.63, 3.8) is 0 Å². The predicted octanol–water partition coefficient (Wildman–Crippen LogP) is 1.45. The van der Waals surface area contributed by atoms with Gasteiger partial charge < -0.3 is 10.8 Å². The maximum atomic E-state index is 9.11. The molecule has 0 aliphatic rings. The zero-order chi connectivity index (χ0) is 9.84. The summed E-state index contributed by atoms with van der Waals surface area (Å²) in [4.78, 5) is 0. The normalized spacial score (nSPS) is 11.7. The maximum absolute atomic E-state index is 9.11. The van der Waals surface area contributed by atoms with Crippen LogP contribution in [0, 0.1) is 11.3 Å². The average molecular weight is 174 g/mol. The molecular formula is C10H10N2O. The molecule has 13 heavy (non-hydrogen) atoms. The number of nitrogens with zero attached hydrogens (tertiary/aromatic N) is 1. The van der Waals surface area contributed by atoms with Crippen molar-refractivity contribution in [1.82, 2.24) is 0 Å². The van der Waals surface area contributed by atoms with Gasteiger partial charge in [-0.15, -0.1) is 6.58 Å². The number of hydrogen-bond acceptors (Lipinski definition) is 3. The molecule has 1 rings (SSSR count). The van der Waals surface area contributed by atoms with Gasteiger partial charge in [-0.3, -0.25) is 0 Å². The van der Waals surface area contributed by atoms with Crippen molar-refractivity contribution < 1.29 is 5.11 Å². The highest BCUT2D eigenvalue weighted by Gasteiger charge is 2.07. The van der Waals surface area contributed by atoms with Crippen LogP contribution in [0.2, 0.25) is 0 Å². The molecule has 0 heterocycles.